The number of hydrogen-bond acceptors (Lipinski definition) is 2. The van der Waals surface area contributed by atoms with E-state index < -0.39 is 5.97 Å². The molecule has 3 nitrogen and oxygen atoms in total. The number of rotatable bonds is 4. The Morgan fingerprint density at radius 1 is 1.31 bits per heavy atom. The molecule has 1 aliphatic heterocycles. The minimum atomic E-state index is -0.628. The summed E-state index contributed by atoms with van der Waals surface area (Å²) in [7, 11) is 0. The smallest absolute Gasteiger partial charge is 0.303 e. The molecule has 0 spiro atoms. The van der Waals surface area contributed by atoms with Crippen LogP contribution in [0.5, 0.6) is 0 Å². The van der Waals surface area contributed by atoms with Gasteiger partial charge in [-0.3, -0.25) is 4.79 Å². The summed E-state index contributed by atoms with van der Waals surface area (Å²) in [6.45, 7) is 3.39. The van der Waals surface area contributed by atoms with Crippen LogP contribution in [0.3, 0.4) is 0 Å². The first-order valence-electron chi connectivity index (χ1n) is 5.14. The van der Waals surface area contributed by atoms with Crippen molar-refractivity contribution in [2.24, 2.45) is 5.41 Å². The number of carboxylic acids is 1. The van der Waals surface area contributed by atoms with Crippen molar-refractivity contribution in [3.05, 3.63) is 0 Å². The molecule has 1 saturated heterocycles. The van der Waals surface area contributed by atoms with Gasteiger partial charge in [0.05, 0.1) is 6.42 Å². The average Bonchev–Trinajstić information content (AvgIpc) is 2.61. The van der Waals surface area contributed by atoms with Gasteiger partial charge in [-0.05, 0) is 44.2 Å². The fourth-order valence-electron chi connectivity index (χ4n) is 2.30. The largest absolute Gasteiger partial charge is 0.481 e. The topological polar surface area (TPSA) is 40.5 Å². The van der Waals surface area contributed by atoms with Crippen molar-refractivity contribution in [1.29, 1.82) is 0 Å². The van der Waals surface area contributed by atoms with Crippen LogP contribution in [0.4, 0.5) is 0 Å². The lowest BCUT2D eigenvalue weighted by molar-refractivity contribution is -0.138. The van der Waals surface area contributed by atoms with Crippen molar-refractivity contribution in [3.8, 4) is 0 Å². The van der Waals surface area contributed by atoms with Crippen LogP contribution in [0.1, 0.15) is 32.1 Å². The zero-order chi connectivity index (χ0) is 9.31. The molecule has 2 fully saturated rings. The summed E-state index contributed by atoms with van der Waals surface area (Å²) in [6.07, 6.45) is 5.21. The van der Waals surface area contributed by atoms with E-state index in [9.17, 15) is 4.79 Å². The Labute approximate surface area is 78.7 Å². The Morgan fingerprint density at radius 3 is 2.38 bits per heavy atom. The Morgan fingerprint density at radius 2 is 1.92 bits per heavy atom. The molecule has 0 amide bonds. The lowest BCUT2D eigenvalue weighted by Gasteiger charge is -2.21. The van der Waals surface area contributed by atoms with Crippen LogP contribution in [0.15, 0.2) is 0 Å². The Hall–Kier alpha value is -0.570. The van der Waals surface area contributed by atoms with E-state index in [1.54, 1.807) is 0 Å². The quantitative estimate of drug-likeness (QED) is 0.715. The monoisotopic (exact) mass is 183 g/mol. The van der Waals surface area contributed by atoms with Crippen LogP contribution in [0.2, 0.25) is 0 Å². The first-order chi connectivity index (χ1) is 6.20. The molecule has 1 saturated carbocycles. The van der Waals surface area contributed by atoms with Crippen LogP contribution in [-0.2, 0) is 4.79 Å². The minimum Gasteiger partial charge on any atom is -0.481 e. The first kappa shape index (κ1) is 9.00. The van der Waals surface area contributed by atoms with Crippen LogP contribution in [-0.4, -0.2) is 35.6 Å². The third-order valence-corrected chi connectivity index (χ3v) is 3.24. The highest BCUT2D eigenvalue weighted by atomic mass is 16.4. The lowest BCUT2D eigenvalue weighted by atomic mass is 10.0. The molecule has 2 rings (SSSR count). The van der Waals surface area contributed by atoms with E-state index in [1.165, 1.54) is 25.9 Å². The van der Waals surface area contributed by atoms with E-state index in [0.29, 0.717) is 6.42 Å². The first-order valence-corrected chi connectivity index (χ1v) is 5.14. The summed E-state index contributed by atoms with van der Waals surface area (Å²) in [5, 5.41) is 8.74. The van der Waals surface area contributed by atoms with E-state index in [0.717, 1.165) is 19.4 Å². The fourth-order valence-corrected chi connectivity index (χ4v) is 2.30. The van der Waals surface area contributed by atoms with Crippen molar-refractivity contribution < 1.29 is 9.90 Å². The van der Waals surface area contributed by atoms with Gasteiger partial charge >= 0.3 is 5.97 Å². The summed E-state index contributed by atoms with van der Waals surface area (Å²) >= 11 is 0. The van der Waals surface area contributed by atoms with Crippen LogP contribution < -0.4 is 0 Å². The molecule has 74 valence electrons. The Bertz CT molecular complexity index is 205. The van der Waals surface area contributed by atoms with Gasteiger partial charge in [0.25, 0.3) is 0 Å². The zero-order valence-corrected chi connectivity index (χ0v) is 7.96. The lowest BCUT2D eigenvalue weighted by Crippen LogP contribution is -2.29. The summed E-state index contributed by atoms with van der Waals surface area (Å²) < 4.78 is 0. The predicted molar refractivity (Wildman–Crippen MR) is 49.6 cm³/mol. The van der Waals surface area contributed by atoms with Gasteiger partial charge in [-0.15, -0.1) is 0 Å². The predicted octanol–water partition coefficient (Wildman–Crippen LogP) is 1.34. The molecular formula is C10H17NO2. The second-order valence-corrected chi connectivity index (χ2v) is 4.55. The molecule has 0 radical (unpaired) electrons. The van der Waals surface area contributed by atoms with Crippen molar-refractivity contribution in [2.45, 2.75) is 32.1 Å². The molecule has 3 heteroatoms. The van der Waals surface area contributed by atoms with Crippen molar-refractivity contribution in [2.75, 3.05) is 19.6 Å². The van der Waals surface area contributed by atoms with Gasteiger partial charge in [0.1, 0.15) is 0 Å². The molecule has 13 heavy (non-hydrogen) atoms. The maximum absolute atomic E-state index is 10.6. The highest BCUT2D eigenvalue weighted by Gasteiger charge is 2.45. The van der Waals surface area contributed by atoms with Crippen molar-refractivity contribution in [1.82, 2.24) is 4.90 Å². The molecule has 0 aromatic rings. The second kappa shape index (κ2) is 3.29. The van der Waals surface area contributed by atoms with Crippen LogP contribution >= 0.6 is 0 Å². The van der Waals surface area contributed by atoms with E-state index in [4.69, 9.17) is 5.11 Å². The van der Waals surface area contributed by atoms with Gasteiger partial charge in [-0.25, -0.2) is 0 Å². The highest BCUT2D eigenvalue weighted by molar-refractivity contribution is 5.68. The van der Waals surface area contributed by atoms with E-state index in [2.05, 4.69) is 4.90 Å². The molecule has 1 N–H and O–H groups in total. The van der Waals surface area contributed by atoms with Gasteiger partial charge in [0.15, 0.2) is 0 Å². The van der Waals surface area contributed by atoms with E-state index in [-0.39, 0.29) is 5.41 Å². The van der Waals surface area contributed by atoms with E-state index in [1.807, 2.05) is 0 Å². The van der Waals surface area contributed by atoms with E-state index >= 15 is 0 Å². The third kappa shape index (κ3) is 2.21. The number of likely N-dealkylation sites (tertiary alicyclic amines) is 1. The second-order valence-electron chi connectivity index (χ2n) is 4.55. The van der Waals surface area contributed by atoms with Crippen LogP contribution in [0, 0.1) is 5.41 Å². The number of carbonyl (C=O) groups is 1. The van der Waals surface area contributed by atoms with Crippen LogP contribution in [0.25, 0.3) is 0 Å². The standard InChI is InChI=1S/C10H17NO2/c12-9(13)7-10(3-4-10)8-11-5-1-2-6-11/h1-8H2,(H,12,13). The van der Waals surface area contributed by atoms with Crippen molar-refractivity contribution in [3.63, 3.8) is 0 Å². The van der Waals surface area contributed by atoms with Gasteiger partial charge in [0, 0.05) is 6.54 Å². The molecule has 1 aliphatic carbocycles. The highest BCUT2D eigenvalue weighted by Crippen LogP contribution is 2.49. The van der Waals surface area contributed by atoms with Gasteiger partial charge < -0.3 is 10.0 Å². The Balaban J connectivity index is 1.82. The van der Waals surface area contributed by atoms with Gasteiger partial charge in [-0.2, -0.15) is 0 Å². The van der Waals surface area contributed by atoms with Crippen molar-refractivity contribution >= 4 is 5.97 Å². The third-order valence-electron chi connectivity index (χ3n) is 3.24. The number of carboxylic acid groups (broad SMARTS) is 1. The fraction of sp³-hybridized carbons (Fsp3) is 0.900. The molecule has 0 atom stereocenters. The molecule has 2 aliphatic rings. The Kier molecular flexibility index (Phi) is 2.28. The summed E-state index contributed by atoms with van der Waals surface area (Å²) in [5.41, 5.74) is 0.163. The normalized spacial score (nSPS) is 26.2. The maximum atomic E-state index is 10.6. The number of aliphatic carboxylic acids is 1. The minimum absolute atomic E-state index is 0.163. The number of hydrogen-bond donors (Lipinski definition) is 1. The molecule has 0 bridgehead atoms. The summed E-state index contributed by atoms with van der Waals surface area (Å²) in [4.78, 5) is 13.0. The summed E-state index contributed by atoms with van der Waals surface area (Å²) in [6, 6.07) is 0. The molecule has 0 unspecified atom stereocenters. The zero-order valence-electron chi connectivity index (χ0n) is 7.96. The summed E-state index contributed by atoms with van der Waals surface area (Å²) in [5.74, 6) is -0.628. The molecule has 1 heterocycles. The SMILES string of the molecule is O=C(O)CC1(CN2CCCC2)CC1. The molecule has 0 aromatic carbocycles. The van der Waals surface area contributed by atoms with Gasteiger partial charge in [-0.1, -0.05) is 0 Å². The van der Waals surface area contributed by atoms with Gasteiger partial charge in [0.2, 0.25) is 0 Å². The molecule has 0 aromatic heterocycles. The number of nitrogens with zero attached hydrogens (tertiary/aromatic N) is 1. The maximum Gasteiger partial charge on any atom is 0.303 e. The average molecular weight is 183 g/mol. The molecular weight excluding hydrogens is 166 g/mol.